The van der Waals surface area contributed by atoms with Gasteiger partial charge < -0.3 is 19.5 Å². The first-order chi connectivity index (χ1) is 24.1. The standard InChI is InChI=1S/C45H83NO3/c1-5-7-9-11-13-15-17-19-21-23-25-27-29-31-33-35-37-43(41-47-45(3)48-42-44(49-45)39-40-46-4)38-36-34-32-30-28-26-24-22-20-18-16-14-12-10-8-6-2/h13-16,19-22,43-44,46H,5-12,17-18,23-42H2,1-4H3/b15-13-,16-14-,21-19-,22-20-. The minimum Gasteiger partial charge on any atom is -0.327 e. The van der Waals surface area contributed by atoms with E-state index in [1.807, 2.05) is 14.0 Å². The van der Waals surface area contributed by atoms with Crippen LogP contribution in [0.4, 0.5) is 0 Å². The number of hydrogen-bond acceptors (Lipinski definition) is 4. The van der Waals surface area contributed by atoms with Crippen LogP contribution in [-0.2, 0) is 14.2 Å². The van der Waals surface area contributed by atoms with Gasteiger partial charge in [-0.15, -0.1) is 0 Å². The molecule has 1 aliphatic heterocycles. The Labute approximate surface area is 306 Å². The summed E-state index contributed by atoms with van der Waals surface area (Å²) in [5.41, 5.74) is 0. The van der Waals surface area contributed by atoms with Crippen LogP contribution in [0.1, 0.15) is 194 Å². The molecule has 0 spiro atoms. The average Bonchev–Trinajstić information content (AvgIpc) is 3.49. The van der Waals surface area contributed by atoms with Crippen molar-refractivity contribution < 1.29 is 14.2 Å². The van der Waals surface area contributed by atoms with Gasteiger partial charge in [0.25, 0.3) is 5.97 Å². The summed E-state index contributed by atoms with van der Waals surface area (Å²) in [6.45, 7) is 8.81. The van der Waals surface area contributed by atoms with E-state index in [0.29, 0.717) is 12.5 Å². The van der Waals surface area contributed by atoms with Crippen LogP contribution in [0.5, 0.6) is 0 Å². The molecule has 2 atom stereocenters. The highest BCUT2D eigenvalue weighted by molar-refractivity contribution is 4.93. The number of unbranched alkanes of at least 4 members (excludes halogenated alkanes) is 18. The second-order valence-electron chi connectivity index (χ2n) is 14.7. The Morgan fingerprint density at radius 3 is 1.49 bits per heavy atom. The van der Waals surface area contributed by atoms with E-state index in [1.165, 1.54) is 154 Å². The summed E-state index contributed by atoms with van der Waals surface area (Å²) in [6, 6.07) is 0. The zero-order valence-electron chi connectivity index (χ0n) is 33.2. The Morgan fingerprint density at radius 1 is 0.612 bits per heavy atom. The van der Waals surface area contributed by atoms with Crippen LogP contribution in [0.2, 0.25) is 0 Å². The lowest BCUT2D eigenvalue weighted by Crippen LogP contribution is -2.33. The molecule has 1 heterocycles. The molecule has 1 rings (SSSR count). The van der Waals surface area contributed by atoms with Crippen LogP contribution in [0, 0.1) is 5.92 Å². The summed E-state index contributed by atoms with van der Waals surface area (Å²) in [4.78, 5) is 0. The van der Waals surface area contributed by atoms with Crippen molar-refractivity contribution in [3.8, 4) is 0 Å². The molecular formula is C45H83NO3. The van der Waals surface area contributed by atoms with Crippen molar-refractivity contribution in [2.75, 3.05) is 26.8 Å². The Morgan fingerprint density at radius 2 is 1.04 bits per heavy atom. The van der Waals surface area contributed by atoms with Crippen molar-refractivity contribution in [1.82, 2.24) is 5.32 Å². The number of nitrogens with one attached hydrogen (secondary N) is 1. The summed E-state index contributed by atoms with van der Waals surface area (Å²) in [5.74, 6) is -0.285. The molecule has 0 saturated carbocycles. The summed E-state index contributed by atoms with van der Waals surface area (Å²) in [7, 11) is 1.98. The Hall–Kier alpha value is -1.20. The van der Waals surface area contributed by atoms with Gasteiger partial charge in [-0.05, 0) is 103 Å². The molecule has 1 aliphatic rings. The van der Waals surface area contributed by atoms with E-state index >= 15 is 0 Å². The zero-order chi connectivity index (χ0) is 35.4. The zero-order valence-corrected chi connectivity index (χ0v) is 33.2. The second kappa shape index (κ2) is 35.2. The highest BCUT2D eigenvalue weighted by Crippen LogP contribution is 2.29. The van der Waals surface area contributed by atoms with E-state index in [4.69, 9.17) is 14.2 Å². The third-order valence-corrected chi connectivity index (χ3v) is 9.84. The molecular weight excluding hydrogens is 602 g/mol. The molecule has 49 heavy (non-hydrogen) atoms. The minimum absolute atomic E-state index is 0.121. The van der Waals surface area contributed by atoms with Gasteiger partial charge in [-0.1, -0.05) is 152 Å². The Balaban J connectivity index is 2.21. The second-order valence-corrected chi connectivity index (χ2v) is 14.7. The van der Waals surface area contributed by atoms with Crippen LogP contribution in [-0.4, -0.2) is 38.9 Å². The van der Waals surface area contributed by atoms with Crippen LogP contribution in [0.15, 0.2) is 48.6 Å². The molecule has 1 N–H and O–H groups in total. The van der Waals surface area contributed by atoms with E-state index in [-0.39, 0.29) is 6.10 Å². The minimum atomic E-state index is -0.880. The average molecular weight is 686 g/mol. The van der Waals surface area contributed by atoms with Gasteiger partial charge in [0.2, 0.25) is 0 Å². The van der Waals surface area contributed by atoms with Gasteiger partial charge in [-0.3, -0.25) is 0 Å². The van der Waals surface area contributed by atoms with Gasteiger partial charge in [0.15, 0.2) is 0 Å². The maximum absolute atomic E-state index is 6.34. The molecule has 0 aromatic rings. The molecule has 0 aliphatic carbocycles. The molecule has 0 aromatic heterocycles. The summed E-state index contributed by atoms with van der Waals surface area (Å²) < 4.78 is 18.5. The van der Waals surface area contributed by atoms with Gasteiger partial charge in [-0.2, -0.15) is 0 Å². The maximum Gasteiger partial charge on any atom is 0.280 e. The van der Waals surface area contributed by atoms with E-state index < -0.39 is 5.97 Å². The fraction of sp³-hybridized carbons (Fsp3) is 0.822. The first-order valence-electron chi connectivity index (χ1n) is 21.3. The molecule has 0 radical (unpaired) electrons. The van der Waals surface area contributed by atoms with E-state index in [1.54, 1.807) is 0 Å². The fourth-order valence-corrected chi connectivity index (χ4v) is 6.56. The molecule has 4 nitrogen and oxygen atoms in total. The van der Waals surface area contributed by atoms with Crippen molar-refractivity contribution in [2.45, 2.75) is 206 Å². The predicted octanol–water partition coefficient (Wildman–Crippen LogP) is 13.7. The Bertz CT molecular complexity index is 757. The van der Waals surface area contributed by atoms with E-state index in [0.717, 1.165) is 32.4 Å². The number of ether oxygens (including phenoxy) is 3. The lowest BCUT2D eigenvalue weighted by atomic mass is 9.94. The maximum atomic E-state index is 6.34. The van der Waals surface area contributed by atoms with Crippen molar-refractivity contribution in [2.24, 2.45) is 5.92 Å². The molecule has 0 amide bonds. The van der Waals surface area contributed by atoms with E-state index in [9.17, 15) is 0 Å². The molecule has 0 aromatic carbocycles. The van der Waals surface area contributed by atoms with Crippen LogP contribution in [0.3, 0.4) is 0 Å². The SMILES string of the molecule is CCCCC/C=C\C/C=C\CCCCCCCCC(CCCCCCCC/C=C\C/C=C\CCCCC)COC1(C)OCC(CCNC)O1. The molecule has 1 fully saturated rings. The largest absolute Gasteiger partial charge is 0.327 e. The third kappa shape index (κ3) is 30.2. The lowest BCUT2D eigenvalue weighted by Gasteiger charge is -2.26. The van der Waals surface area contributed by atoms with Gasteiger partial charge >= 0.3 is 0 Å². The van der Waals surface area contributed by atoms with Gasteiger partial charge in [0.05, 0.1) is 19.3 Å². The molecule has 1 saturated heterocycles. The van der Waals surface area contributed by atoms with Crippen molar-refractivity contribution >= 4 is 0 Å². The van der Waals surface area contributed by atoms with Gasteiger partial charge in [0, 0.05) is 6.92 Å². The fourth-order valence-electron chi connectivity index (χ4n) is 6.56. The first-order valence-corrected chi connectivity index (χ1v) is 21.3. The highest BCUT2D eigenvalue weighted by atomic mass is 16.9. The number of allylic oxidation sites excluding steroid dienone is 8. The molecule has 4 heteroatoms. The predicted molar refractivity (Wildman–Crippen MR) is 215 cm³/mol. The lowest BCUT2D eigenvalue weighted by molar-refractivity contribution is -0.329. The molecule has 2 unspecified atom stereocenters. The first kappa shape index (κ1) is 45.8. The highest BCUT2D eigenvalue weighted by Gasteiger charge is 2.38. The smallest absolute Gasteiger partial charge is 0.280 e. The summed E-state index contributed by atoms with van der Waals surface area (Å²) >= 11 is 0. The number of rotatable bonds is 36. The van der Waals surface area contributed by atoms with Crippen LogP contribution < -0.4 is 5.32 Å². The quantitative estimate of drug-likeness (QED) is 0.0526. The normalized spacial score (nSPS) is 18.6. The van der Waals surface area contributed by atoms with Gasteiger partial charge in [0.1, 0.15) is 0 Å². The van der Waals surface area contributed by atoms with Gasteiger partial charge in [-0.25, -0.2) is 0 Å². The third-order valence-electron chi connectivity index (χ3n) is 9.84. The van der Waals surface area contributed by atoms with Crippen LogP contribution >= 0.6 is 0 Å². The topological polar surface area (TPSA) is 39.7 Å². The van der Waals surface area contributed by atoms with Crippen molar-refractivity contribution in [3.05, 3.63) is 48.6 Å². The summed E-state index contributed by atoms with van der Waals surface area (Å²) in [6.07, 6.45) is 53.7. The summed E-state index contributed by atoms with van der Waals surface area (Å²) in [5, 5.41) is 3.21. The van der Waals surface area contributed by atoms with E-state index in [2.05, 4.69) is 67.8 Å². The molecule has 0 bridgehead atoms. The Kier molecular flexibility index (Phi) is 32.9. The monoisotopic (exact) mass is 686 g/mol. The van der Waals surface area contributed by atoms with Crippen molar-refractivity contribution in [3.63, 3.8) is 0 Å². The van der Waals surface area contributed by atoms with Crippen molar-refractivity contribution in [1.29, 1.82) is 0 Å². The number of hydrogen-bond donors (Lipinski definition) is 1. The van der Waals surface area contributed by atoms with Crippen LogP contribution in [0.25, 0.3) is 0 Å². The molecule has 286 valence electrons.